The lowest BCUT2D eigenvalue weighted by atomic mass is 9.92. The summed E-state index contributed by atoms with van der Waals surface area (Å²) in [6.07, 6.45) is 3.53. The lowest BCUT2D eigenvalue weighted by molar-refractivity contribution is -0.134. The van der Waals surface area contributed by atoms with Crippen LogP contribution in [0.1, 0.15) is 39.5 Å². The molecular formula is C15H30N4O2. The number of rotatable bonds is 7. The largest absolute Gasteiger partial charge is 0.352 e. The van der Waals surface area contributed by atoms with Crippen molar-refractivity contribution in [2.75, 3.05) is 26.2 Å². The Labute approximate surface area is 127 Å². The van der Waals surface area contributed by atoms with Gasteiger partial charge in [0, 0.05) is 26.1 Å². The van der Waals surface area contributed by atoms with E-state index in [4.69, 9.17) is 11.5 Å². The normalized spacial score (nSPS) is 20.4. The van der Waals surface area contributed by atoms with Crippen LogP contribution in [0.25, 0.3) is 0 Å². The SMILES string of the molecule is CC(C)C[C@H](CN)CC(=O)N1CCCC(CNC(N)=O)C1. The molecular weight excluding hydrogens is 268 g/mol. The molecule has 1 fully saturated rings. The zero-order valence-electron chi connectivity index (χ0n) is 13.3. The van der Waals surface area contributed by atoms with Gasteiger partial charge in [0.25, 0.3) is 0 Å². The highest BCUT2D eigenvalue weighted by Gasteiger charge is 2.25. The van der Waals surface area contributed by atoms with Gasteiger partial charge in [-0.1, -0.05) is 13.8 Å². The molecule has 1 saturated heterocycles. The smallest absolute Gasteiger partial charge is 0.312 e. The minimum absolute atomic E-state index is 0.190. The standard InChI is InChI=1S/C15H30N4O2/c1-11(2)6-13(8-16)7-14(20)19-5-3-4-12(10-19)9-18-15(17)21/h11-13H,3-10,16H2,1-2H3,(H3,17,18,21)/t12?,13-/m0/s1. The Morgan fingerprint density at radius 3 is 2.67 bits per heavy atom. The van der Waals surface area contributed by atoms with Gasteiger partial charge >= 0.3 is 6.03 Å². The van der Waals surface area contributed by atoms with Gasteiger partial charge in [-0.25, -0.2) is 4.79 Å². The van der Waals surface area contributed by atoms with Crippen LogP contribution in [-0.2, 0) is 4.79 Å². The highest BCUT2D eigenvalue weighted by atomic mass is 16.2. The molecule has 6 heteroatoms. The van der Waals surface area contributed by atoms with Crippen LogP contribution in [0.3, 0.4) is 0 Å². The van der Waals surface area contributed by atoms with E-state index in [9.17, 15) is 9.59 Å². The van der Waals surface area contributed by atoms with Crippen molar-refractivity contribution in [1.29, 1.82) is 0 Å². The molecule has 6 nitrogen and oxygen atoms in total. The third kappa shape index (κ3) is 6.80. The molecule has 0 saturated carbocycles. The lowest BCUT2D eigenvalue weighted by Gasteiger charge is -2.33. The number of nitrogens with zero attached hydrogens (tertiary/aromatic N) is 1. The van der Waals surface area contributed by atoms with Crippen molar-refractivity contribution in [2.24, 2.45) is 29.2 Å². The molecule has 122 valence electrons. The van der Waals surface area contributed by atoms with E-state index in [0.29, 0.717) is 37.9 Å². The van der Waals surface area contributed by atoms with Gasteiger partial charge in [0.2, 0.25) is 5.91 Å². The zero-order chi connectivity index (χ0) is 15.8. The van der Waals surface area contributed by atoms with Crippen LogP contribution >= 0.6 is 0 Å². The second-order valence-electron chi connectivity index (χ2n) is 6.53. The summed E-state index contributed by atoms with van der Waals surface area (Å²) in [5.41, 5.74) is 10.9. The number of hydrogen-bond donors (Lipinski definition) is 3. The zero-order valence-corrected chi connectivity index (χ0v) is 13.3. The number of nitrogens with one attached hydrogen (secondary N) is 1. The number of urea groups is 1. The Hall–Kier alpha value is -1.30. The summed E-state index contributed by atoms with van der Waals surface area (Å²) in [5.74, 6) is 1.31. The Morgan fingerprint density at radius 2 is 2.10 bits per heavy atom. The fourth-order valence-corrected chi connectivity index (χ4v) is 3.01. The molecule has 1 heterocycles. The molecule has 1 unspecified atom stereocenters. The molecule has 0 aromatic heterocycles. The molecule has 3 amide bonds. The summed E-state index contributed by atoms with van der Waals surface area (Å²) in [5, 5.41) is 2.63. The van der Waals surface area contributed by atoms with Gasteiger partial charge in [0.1, 0.15) is 0 Å². The minimum Gasteiger partial charge on any atom is -0.352 e. The van der Waals surface area contributed by atoms with E-state index in [1.54, 1.807) is 0 Å². The molecule has 1 aliphatic heterocycles. The van der Waals surface area contributed by atoms with E-state index >= 15 is 0 Å². The van der Waals surface area contributed by atoms with Gasteiger partial charge in [-0.2, -0.15) is 0 Å². The molecule has 0 radical (unpaired) electrons. The topological polar surface area (TPSA) is 101 Å². The van der Waals surface area contributed by atoms with E-state index in [1.165, 1.54) is 0 Å². The van der Waals surface area contributed by atoms with Crippen molar-refractivity contribution in [3.63, 3.8) is 0 Å². The molecule has 5 N–H and O–H groups in total. The molecule has 0 bridgehead atoms. The van der Waals surface area contributed by atoms with Crippen molar-refractivity contribution in [3.05, 3.63) is 0 Å². The fourth-order valence-electron chi connectivity index (χ4n) is 3.01. The molecule has 1 rings (SSSR count). The quantitative estimate of drug-likeness (QED) is 0.651. The Morgan fingerprint density at radius 1 is 1.38 bits per heavy atom. The number of likely N-dealkylation sites (tertiary alicyclic amines) is 1. The summed E-state index contributed by atoms with van der Waals surface area (Å²) >= 11 is 0. The number of hydrogen-bond acceptors (Lipinski definition) is 3. The van der Waals surface area contributed by atoms with Crippen LogP contribution < -0.4 is 16.8 Å². The number of primary amides is 1. The first-order chi connectivity index (χ1) is 9.92. The molecule has 0 aromatic rings. The van der Waals surface area contributed by atoms with Gasteiger partial charge in [-0.15, -0.1) is 0 Å². The van der Waals surface area contributed by atoms with Crippen LogP contribution in [0.2, 0.25) is 0 Å². The third-order valence-electron chi connectivity index (χ3n) is 4.04. The van der Waals surface area contributed by atoms with Crippen LogP contribution in [0.4, 0.5) is 4.79 Å². The second-order valence-corrected chi connectivity index (χ2v) is 6.53. The van der Waals surface area contributed by atoms with Gasteiger partial charge < -0.3 is 21.7 Å². The van der Waals surface area contributed by atoms with Crippen LogP contribution in [0.5, 0.6) is 0 Å². The van der Waals surface area contributed by atoms with Crippen molar-refractivity contribution in [2.45, 2.75) is 39.5 Å². The maximum atomic E-state index is 12.4. The summed E-state index contributed by atoms with van der Waals surface area (Å²) in [4.78, 5) is 25.1. The van der Waals surface area contributed by atoms with Crippen LogP contribution in [0.15, 0.2) is 0 Å². The molecule has 1 aliphatic rings. The average molecular weight is 298 g/mol. The lowest BCUT2D eigenvalue weighted by Crippen LogP contribution is -2.45. The van der Waals surface area contributed by atoms with Gasteiger partial charge in [0.15, 0.2) is 0 Å². The number of nitrogens with two attached hydrogens (primary N) is 2. The molecule has 21 heavy (non-hydrogen) atoms. The first kappa shape index (κ1) is 17.8. The van der Waals surface area contributed by atoms with E-state index in [1.807, 2.05) is 4.90 Å². The number of piperidine rings is 1. The highest BCUT2D eigenvalue weighted by Crippen LogP contribution is 2.20. The van der Waals surface area contributed by atoms with E-state index in [2.05, 4.69) is 19.2 Å². The van der Waals surface area contributed by atoms with Gasteiger partial charge in [-0.05, 0) is 43.6 Å². The maximum absolute atomic E-state index is 12.4. The van der Waals surface area contributed by atoms with Gasteiger partial charge in [0.05, 0.1) is 0 Å². The third-order valence-corrected chi connectivity index (χ3v) is 4.04. The Balaban J connectivity index is 2.43. The maximum Gasteiger partial charge on any atom is 0.312 e. The summed E-state index contributed by atoms with van der Waals surface area (Å²) in [6.45, 7) is 6.93. The van der Waals surface area contributed by atoms with Crippen molar-refractivity contribution in [1.82, 2.24) is 10.2 Å². The molecule has 0 aliphatic carbocycles. The molecule has 0 spiro atoms. The number of amides is 3. The summed E-state index contributed by atoms with van der Waals surface area (Å²) in [7, 11) is 0. The minimum atomic E-state index is -0.501. The predicted octanol–water partition coefficient (Wildman–Crippen LogP) is 0.904. The van der Waals surface area contributed by atoms with E-state index in [0.717, 1.165) is 25.8 Å². The van der Waals surface area contributed by atoms with Crippen molar-refractivity contribution >= 4 is 11.9 Å². The van der Waals surface area contributed by atoms with Gasteiger partial charge in [-0.3, -0.25) is 4.79 Å². The molecule has 2 atom stereocenters. The average Bonchev–Trinajstić information content (AvgIpc) is 2.44. The number of carbonyl (C=O) groups excluding carboxylic acids is 2. The van der Waals surface area contributed by atoms with E-state index < -0.39 is 6.03 Å². The fraction of sp³-hybridized carbons (Fsp3) is 0.867. The summed E-state index contributed by atoms with van der Waals surface area (Å²) < 4.78 is 0. The Kier molecular flexibility index (Phi) is 7.50. The highest BCUT2D eigenvalue weighted by molar-refractivity contribution is 5.76. The monoisotopic (exact) mass is 298 g/mol. The van der Waals surface area contributed by atoms with Crippen LogP contribution in [0, 0.1) is 17.8 Å². The van der Waals surface area contributed by atoms with Crippen LogP contribution in [-0.4, -0.2) is 43.0 Å². The van der Waals surface area contributed by atoms with Crippen molar-refractivity contribution in [3.8, 4) is 0 Å². The Bertz CT molecular complexity index is 347. The predicted molar refractivity (Wildman–Crippen MR) is 83.5 cm³/mol. The first-order valence-corrected chi connectivity index (χ1v) is 7.93. The second kappa shape index (κ2) is 8.87. The van der Waals surface area contributed by atoms with E-state index in [-0.39, 0.29) is 11.8 Å². The summed E-state index contributed by atoms with van der Waals surface area (Å²) in [6, 6.07) is -0.501. The molecule has 0 aromatic carbocycles. The number of carbonyl (C=O) groups is 2. The first-order valence-electron chi connectivity index (χ1n) is 7.93. The van der Waals surface area contributed by atoms with Crippen molar-refractivity contribution < 1.29 is 9.59 Å².